The fourth-order valence-electron chi connectivity index (χ4n) is 4.08. The SMILES string of the molecule is C[C@@H]1C[C@H]1C(=O)N1CC2(C[C@H](OCC(=O)N3CCCC3)CS2)C1. The number of amides is 2. The van der Waals surface area contributed by atoms with Crippen molar-refractivity contribution < 1.29 is 14.3 Å². The number of rotatable bonds is 4. The van der Waals surface area contributed by atoms with Crippen LogP contribution in [-0.2, 0) is 14.3 Å². The first-order chi connectivity index (χ1) is 11.1. The summed E-state index contributed by atoms with van der Waals surface area (Å²) < 4.78 is 6.07. The molecule has 0 aromatic heterocycles. The van der Waals surface area contributed by atoms with Crippen molar-refractivity contribution in [1.82, 2.24) is 9.80 Å². The van der Waals surface area contributed by atoms with E-state index in [2.05, 4.69) is 6.92 Å². The van der Waals surface area contributed by atoms with Crippen LogP contribution in [0, 0.1) is 11.8 Å². The number of hydrogen-bond donors (Lipinski definition) is 0. The highest BCUT2D eigenvalue weighted by atomic mass is 32.2. The first kappa shape index (κ1) is 15.8. The van der Waals surface area contributed by atoms with E-state index in [1.54, 1.807) is 0 Å². The zero-order valence-electron chi connectivity index (χ0n) is 13.8. The van der Waals surface area contributed by atoms with Crippen molar-refractivity contribution in [3.63, 3.8) is 0 Å². The van der Waals surface area contributed by atoms with Crippen molar-refractivity contribution in [2.24, 2.45) is 11.8 Å². The zero-order chi connectivity index (χ0) is 16.0. The maximum Gasteiger partial charge on any atom is 0.248 e. The molecule has 3 saturated heterocycles. The normalized spacial score (nSPS) is 34.7. The summed E-state index contributed by atoms with van der Waals surface area (Å²) in [6.07, 6.45) is 4.47. The van der Waals surface area contributed by atoms with Gasteiger partial charge in [-0.15, -0.1) is 11.8 Å². The Labute approximate surface area is 142 Å². The van der Waals surface area contributed by atoms with Crippen LogP contribution >= 0.6 is 11.8 Å². The van der Waals surface area contributed by atoms with E-state index in [-0.39, 0.29) is 23.4 Å². The van der Waals surface area contributed by atoms with Crippen molar-refractivity contribution in [3.05, 3.63) is 0 Å². The lowest BCUT2D eigenvalue weighted by atomic mass is 9.92. The lowest BCUT2D eigenvalue weighted by Gasteiger charge is -2.47. The second-order valence-electron chi connectivity index (χ2n) is 7.73. The molecule has 0 radical (unpaired) electrons. The summed E-state index contributed by atoms with van der Waals surface area (Å²) in [7, 11) is 0. The lowest BCUT2D eigenvalue weighted by molar-refractivity contribution is -0.139. The maximum atomic E-state index is 12.2. The molecule has 4 rings (SSSR count). The van der Waals surface area contributed by atoms with Crippen LogP contribution < -0.4 is 0 Å². The molecule has 23 heavy (non-hydrogen) atoms. The van der Waals surface area contributed by atoms with Gasteiger partial charge in [0.1, 0.15) is 6.61 Å². The zero-order valence-corrected chi connectivity index (χ0v) is 14.6. The molecule has 1 aliphatic carbocycles. The summed E-state index contributed by atoms with van der Waals surface area (Å²) in [4.78, 5) is 28.2. The van der Waals surface area contributed by atoms with Gasteiger partial charge in [0.05, 0.1) is 10.9 Å². The summed E-state index contributed by atoms with van der Waals surface area (Å²) in [6.45, 7) is 5.91. The monoisotopic (exact) mass is 338 g/mol. The average Bonchev–Trinajstić information content (AvgIpc) is 2.98. The molecule has 3 aliphatic heterocycles. The Hall–Kier alpha value is -0.750. The van der Waals surface area contributed by atoms with Crippen LogP contribution in [0.2, 0.25) is 0 Å². The van der Waals surface area contributed by atoms with Gasteiger partial charge in [0, 0.05) is 37.8 Å². The van der Waals surface area contributed by atoms with Gasteiger partial charge in [-0.2, -0.15) is 0 Å². The summed E-state index contributed by atoms with van der Waals surface area (Å²) >= 11 is 1.93. The largest absolute Gasteiger partial charge is 0.367 e. The molecule has 5 nitrogen and oxygen atoms in total. The second-order valence-corrected chi connectivity index (χ2v) is 9.22. The number of thioether (sulfide) groups is 1. The molecule has 0 aromatic carbocycles. The predicted molar refractivity (Wildman–Crippen MR) is 89.2 cm³/mol. The Balaban J connectivity index is 1.20. The standard InChI is InChI=1S/C17H26N2O3S/c1-12-6-14(12)16(21)19-10-17(11-19)7-13(9-23-17)22-8-15(20)18-4-2-3-5-18/h12-14H,2-11H2,1H3/t12-,13+,14-/m1/s1. The van der Waals surface area contributed by atoms with Crippen LogP contribution in [0.15, 0.2) is 0 Å². The van der Waals surface area contributed by atoms with E-state index < -0.39 is 0 Å². The molecule has 1 saturated carbocycles. The van der Waals surface area contributed by atoms with Gasteiger partial charge in [-0.3, -0.25) is 9.59 Å². The Morgan fingerprint density at radius 1 is 1.22 bits per heavy atom. The van der Waals surface area contributed by atoms with E-state index in [1.165, 1.54) is 0 Å². The molecule has 0 N–H and O–H groups in total. The molecule has 4 aliphatic rings. The van der Waals surface area contributed by atoms with E-state index in [1.807, 2.05) is 21.6 Å². The molecule has 3 atom stereocenters. The molecule has 1 spiro atoms. The molecule has 0 unspecified atom stereocenters. The molecular formula is C17H26N2O3S. The van der Waals surface area contributed by atoms with Gasteiger partial charge >= 0.3 is 0 Å². The quantitative estimate of drug-likeness (QED) is 0.777. The van der Waals surface area contributed by atoms with Crippen molar-refractivity contribution >= 4 is 23.6 Å². The minimum Gasteiger partial charge on any atom is -0.367 e. The number of likely N-dealkylation sites (tertiary alicyclic amines) is 2. The summed E-state index contributed by atoms with van der Waals surface area (Å²) in [5, 5.41) is 0. The van der Waals surface area contributed by atoms with Gasteiger partial charge in [0.15, 0.2) is 0 Å². The Kier molecular flexibility index (Phi) is 4.08. The van der Waals surface area contributed by atoms with Gasteiger partial charge in [0.2, 0.25) is 11.8 Å². The van der Waals surface area contributed by atoms with E-state index in [9.17, 15) is 9.59 Å². The molecule has 2 amide bonds. The third-order valence-electron chi connectivity index (χ3n) is 5.77. The minimum absolute atomic E-state index is 0.140. The minimum atomic E-state index is 0.140. The highest BCUT2D eigenvalue weighted by Crippen LogP contribution is 2.48. The van der Waals surface area contributed by atoms with Crippen LogP contribution in [0.3, 0.4) is 0 Å². The number of nitrogens with zero attached hydrogens (tertiary/aromatic N) is 2. The highest BCUT2D eigenvalue weighted by molar-refractivity contribution is 8.01. The van der Waals surface area contributed by atoms with Crippen LogP contribution in [0.4, 0.5) is 0 Å². The van der Waals surface area contributed by atoms with Gasteiger partial charge in [0.25, 0.3) is 0 Å². The first-order valence-electron chi connectivity index (χ1n) is 8.88. The van der Waals surface area contributed by atoms with Crippen molar-refractivity contribution in [1.29, 1.82) is 0 Å². The molecule has 4 fully saturated rings. The Morgan fingerprint density at radius 2 is 1.91 bits per heavy atom. The average molecular weight is 338 g/mol. The molecule has 6 heteroatoms. The van der Waals surface area contributed by atoms with E-state index >= 15 is 0 Å². The third kappa shape index (κ3) is 3.12. The number of carbonyl (C=O) groups is 2. The number of hydrogen-bond acceptors (Lipinski definition) is 4. The lowest BCUT2D eigenvalue weighted by Crippen LogP contribution is -2.61. The van der Waals surface area contributed by atoms with Crippen LogP contribution in [0.1, 0.15) is 32.6 Å². The van der Waals surface area contributed by atoms with Gasteiger partial charge in [-0.1, -0.05) is 6.92 Å². The molecule has 0 aromatic rings. The predicted octanol–water partition coefficient (Wildman–Crippen LogP) is 1.37. The summed E-state index contributed by atoms with van der Waals surface area (Å²) in [5.74, 6) is 2.33. The van der Waals surface area contributed by atoms with Crippen molar-refractivity contribution in [3.8, 4) is 0 Å². The van der Waals surface area contributed by atoms with E-state index in [0.717, 1.165) is 57.6 Å². The van der Waals surface area contributed by atoms with Gasteiger partial charge in [-0.05, 0) is 31.6 Å². The molecule has 3 heterocycles. The van der Waals surface area contributed by atoms with Crippen LogP contribution in [0.5, 0.6) is 0 Å². The molecule has 0 bridgehead atoms. The summed E-state index contributed by atoms with van der Waals surface area (Å²) in [6, 6.07) is 0. The Bertz CT molecular complexity index is 500. The number of carbonyl (C=O) groups excluding carboxylic acids is 2. The van der Waals surface area contributed by atoms with Gasteiger partial charge in [-0.25, -0.2) is 0 Å². The fourth-order valence-corrected chi connectivity index (χ4v) is 5.63. The van der Waals surface area contributed by atoms with Gasteiger partial charge < -0.3 is 14.5 Å². The van der Waals surface area contributed by atoms with Crippen molar-refractivity contribution in [2.75, 3.05) is 38.5 Å². The highest BCUT2D eigenvalue weighted by Gasteiger charge is 2.54. The van der Waals surface area contributed by atoms with E-state index in [4.69, 9.17) is 4.74 Å². The number of ether oxygens (including phenoxy) is 1. The molecular weight excluding hydrogens is 312 g/mol. The van der Waals surface area contributed by atoms with Crippen molar-refractivity contribution in [2.45, 2.75) is 43.5 Å². The third-order valence-corrected chi connectivity index (χ3v) is 7.35. The van der Waals surface area contributed by atoms with Crippen LogP contribution in [0.25, 0.3) is 0 Å². The van der Waals surface area contributed by atoms with E-state index in [0.29, 0.717) is 17.7 Å². The molecule has 128 valence electrons. The first-order valence-corrected chi connectivity index (χ1v) is 9.87. The second kappa shape index (κ2) is 5.96. The Morgan fingerprint density at radius 3 is 2.57 bits per heavy atom. The summed E-state index contributed by atoms with van der Waals surface area (Å²) in [5.41, 5.74) is 0. The fraction of sp³-hybridized carbons (Fsp3) is 0.882. The smallest absolute Gasteiger partial charge is 0.248 e. The maximum absolute atomic E-state index is 12.2. The topological polar surface area (TPSA) is 49.9 Å². The van der Waals surface area contributed by atoms with Crippen LogP contribution in [-0.4, -0.2) is 71.0 Å².